The van der Waals surface area contributed by atoms with Crippen LogP contribution in [0.15, 0.2) is 54.6 Å². The lowest BCUT2D eigenvalue weighted by Crippen LogP contribution is -2.48. The fourth-order valence-corrected chi connectivity index (χ4v) is 8.82. The number of rotatable bonds is 33. The van der Waals surface area contributed by atoms with Gasteiger partial charge in [-0.15, -0.1) is 0 Å². The van der Waals surface area contributed by atoms with E-state index < -0.39 is 261 Å². The largest absolute Gasteiger partial charge is 0.478 e. The van der Waals surface area contributed by atoms with Crippen molar-refractivity contribution < 1.29 is 115 Å². The van der Waals surface area contributed by atoms with Crippen molar-refractivity contribution in [3.63, 3.8) is 0 Å². The van der Waals surface area contributed by atoms with E-state index in [2.05, 4.69) is 63.8 Å². The number of carboxylic acid groups (broad SMARTS) is 1. The van der Waals surface area contributed by atoms with Crippen molar-refractivity contribution in [3.8, 4) is 0 Å². The van der Waals surface area contributed by atoms with E-state index in [1.165, 1.54) is 83.1 Å². The van der Waals surface area contributed by atoms with Gasteiger partial charge in [-0.3, -0.25) is 67.1 Å². The highest BCUT2D eigenvalue weighted by molar-refractivity contribution is 6.10. The molecule has 582 valence electrons. The van der Waals surface area contributed by atoms with Crippen molar-refractivity contribution in [1.82, 2.24) is 31.9 Å². The second-order valence-electron chi connectivity index (χ2n) is 27.5. The Morgan fingerprint density at radius 2 is 0.439 bits per heavy atom. The molecule has 0 bridgehead atoms. The summed E-state index contributed by atoms with van der Waals surface area (Å²) in [5, 5.41) is 37.3. The maximum absolute atomic E-state index is 14.4. The van der Waals surface area contributed by atoms with Crippen LogP contribution in [0.25, 0.3) is 0 Å². The number of anilines is 6. The topological polar surface area (TPSA) is 682 Å². The molecule has 3 aromatic carbocycles. The van der Waals surface area contributed by atoms with E-state index in [-0.39, 0.29) is 0 Å². The Kier molecular flexibility index (Phi) is 31.1. The summed E-state index contributed by atoms with van der Waals surface area (Å²) in [4.78, 5) is 250. The minimum absolute atomic E-state index is 0.418. The molecule has 0 saturated heterocycles. The average molecular weight is 1510 g/mol. The molecule has 42 nitrogen and oxygen atoms in total. The van der Waals surface area contributed by atoms with Gasteiger partial charge in [0.15, 0.2) is 0 Å². The van der Waals surface area contributed by atoms with Crippen LogP contribution >= 0.6 is 0 Å². The van der Waals surface area contributed by atoms with Gasteiger partial charge in [-0.1, -0.05) is 0 Å². The monoisotopic (exact) mass is 1500 g/mol. The summed E-state index contributed by atoms with van der Waals surface area (Å²) in [5.41, 5.74) is 23.5. The van der Waals surface area contributed by atoms with Crippen molar-refractivity contribution in [2.45, 2.75) is 180 Å². The third-order valence-electron chi connectivity index (χ3n) is 12.9. The summed E-state index contributed by atoms with van der Waals surface area (Å²) < 4.78 is 20.8. The molecule has 0 aromatic heterocycles. The number of benzene rings is 3. The number of aromatic carboxylic acids is 1. The van der Waals surface area contributed by atoms with Gasteiger partial charge in [0.25, 0.3) is 11.8 Å². The average Bonchev–Trinajstić information content (AvgIpc) is 0.823. The normalized spacial score (nSPS) is 12.9. The summed E-state index contributed by atoms with van der Waals surface area (Å²) in [6, 6.07) is -2.89. The van der Waals surface area contributed by atoms with Crippen LogP contribution in [0.1, 0.15) is 153 Å². The zero-order chi connectivity index (χ0) is 81.6. The Bertz CT molecular complexity index is 3600. The molecule has 3 rings (SSSR count). The molecule has 0 spiro atoms. The van der Waals surface area contributed by atoms with Crippen LogP contribution in [0.4, 0.5) is 53.3 Å². The molecule has 0 radical (unpaired) electrons. The van der Waals surface area contributed by atoms with Crippen molar-refractivity contribution in [1.29, 1.82) is 0 Å². The van der Waals surface area contributed by atoms with Crippen molar-refractivity contribution in [3.05, 3.63) is 71.3 Å². The molecule has 0 aliphatic heterocycles. The third kappa shape index (κ3) is 33.6. The highest BCUT2D eigenvalue weighted by atomic mass is 16.6. The maximum Gasteiger partial charge on any atom is 0.408 e. The first-order valence-electron chi connectivity index (χ1n) is 31.9. The highest BCUT2D eigenvalue weighted by Gasteiger charge is 2.34. The Morgan fingerprint density at radius 3 is 0.589 bits per heavy atom. The molecular formula is C65H88N18O24. The first-order valence-corrected chi connectivity index (χ1v) is 31.9. The van der Waals surface area contributed by atoms with Gasteiger partial charge in [-0.05, 0) is 138 Å². The Hall–Kier alpha value is -13.2. The van der Waals surface area contributed by atoms with Crippen LogP contribution in [0.2, 0.25) is 0 Å². The number of carbonyl (C=O) groups is 19. The molecule has 0 saturated carbocycles. The molecule has 25 N–H and O–H groups in total. The molecule has 0 unspecified atom stereocenters. The number of carbonyl (C=O) groups excluding carboxylic acids is 18. The third-order valence-corrected chi connectivity index (χ3v) is 12.9. The van der Waals surface area contributed by atoms with E-state index in [9.17, 15) is 96.2 Å². The smallest absolute Gasteiger partial charge is 0.408 e. The molecular weight excluding hydrogens is 1420 g/mol. The van der Waals surface area contributed by atoms with Crippen LogP contribution in [0, 0.1) is 0 Å². The molecule has 42 heteroatoms. The summed E-state index contributed by atoms with van der Waals surface area (Å²) in [6.07, 6.45) is -10.1. The number of nitrogens with two attached hydrogens (primary N) is 6. The van der Waals surface area contributed by atoms with Gasteiger partial charge in [-0.25, -0.2) is 24.0 Å². The quantitative estimate of drug-likeness (QED) is 0.0340. The molecule has 3 aromatic rings. The molecule has 0 fully saturated rings. The number of carboxylic acids is 1. The fourth-order valence-electron chi connectivity index (χ4n) is 8.82. The molecule has 0 aliphatic carbocycles. The van der Waals surface area contributed by atoms with Crippen molar-refractivity contribution >= 4 is 147 Å². The summed E-state index contributed by atoms with van der Waals surface area (Å²) in [5.74, 6) is -18.6. The van der Waals surface area contributed by atoms with Crippen LogP contribution in [-0.2, 0) is 76.5 Å². The van der Waals surface area contributed by atoms with Gasteiger partial charge in [0.1, 0.15) is 58.7 Å². The van der Waals surface area contributed by atoms with Crippen LogP contribution in [0.3, 0.4) is 0 Å². The summed E-state index contributed by atoms with van der Waals surface area (Å²) in [7, 11) is 0. The number of ether oxygens (including phenoxy) is 4. The van der Waals surface area contributed by atoms with Crippen LogP contribution in [0.5, 0.6) is 0 Å². The van der Waals surface area contributed by atoms with Gasteiger partial charge in [0.05, 0.1) is 44.1 Å². The van der Waals surface area contributed by atoms with E-state index in [0.717, 1.165) is 54.6 Å². The van der Waals surface area contributed by atoms with Gasteiger partial charge >= 0.3 is 30.3 Å². The Labute approximate surface area is 610 Å². The number of hydrogen-bond donors (Lipinski definition) is 19. The van der Waals surface area contributed by atoms with E-state index in [1.54, 1.807) is 0 Å². The second kappa shape index (κ2) is 37.8. The number of hydrogen-bond acceptors (Lipinski definition) is 23. The fraction of sp³-hybridized carbons (Fsp3) is 0.431. The second-order valence-corrected chi connectivity index (χ2v) is 27.5. The minimum atomic E-state index is -2.04. The Balaban J connectivity index is 2.15. The predicted octanol–water partition coefficient (Wildman–Crippen LogP) is -0.561. The molecule has 18 amide bonds. The molecule has 0 heterocycles. The predicted molar refractivity (Wildman–Crippen MR) is 376 cm³/mol. The number of alkyl carbamates (subject to hydrolysis) is 4. The van der Waals surface area contributed by atoms with Crippen molar-refractivity contribution in [2.24, 2.45) is 34.4 Å². The number of nitrogens with one attached hydrogen (secondary N) is 12. The van der Waals surface area contributed by atoms with Crippen molar-refractivity contribution in [2.75, 3.05) is 31.9 Å². The number of primary amides is 6. The number of amides is 18. The van der Waals surface area contributed by atoms with Gasteiger partial charge in [-0.2, -0.15) is 0 Å². The molecule has 0 aliphatic rings. The standard InChI is InChI=1S/C65H88N18O24/c1-62(2,3)104-58(100)80-39(24-45(68)86)53(94)72-31-13-28(14-32(19-31)73-54(95)40(25-46(69)87)81-59(101)105-63(4,5)6)49(90)78-37(22-43(66)84)51(92)76-35-17-30(57(98)99)18-36(21-35)77-52(93)38(23-44(67)85)79-50(91)29-15-33(74-55(96)41(26-47(70)88)82-60(102)106-64(7,8)9)20-34(16-29)75-56(97)42(27-48(71)89)83-61(103)107-65(10,11)12/h13-21,37-42H,22-27H2,1-12H3,(H2,66,84)(H2,67,85)(H2,68,86)(H2,69,87)(H2,70,88)(H2,71,89)(H,72,94)(H,73,95)(H,74,96)(H,75,97)(H,76,92)(H,77,93)(H,78,90)(H,79,91)(H,80,100)(H,81,101)(H,82,102)(H,83,103)(H,98,99)/t37-,38-,39-,40-,41-,42-/m0/s1. The van der Waals surface area contributed by atoms with Gasteiger partial charge in [0, 0.05) is 45.3 Å². The van der Waals surface area contributed by atoms with E-state index in [4.69, 9.17) is 53.3 Å². The van der Waals surface area contributed by atoms with Crippen LogP contribution < -0.4 is 98.2 Å². The highest BCUT2D eigenvalue weighted by Crippen LogP contribution is 2.26. The van der Waals surface area contributed by atoms with E-state index >= 15 is 0 Å². The first-order chi connectivity index (χ1) is 49.1. The zero-order valence-corrected chi connectivity index (χ0v) is 60.2. The minimum Gasteiger partial charge on any atom is -0.478 e. The summed E-state index contributed by atoms with van der Waals surface area (Å²) >= 11 is 0. The molecule has 107 heavy (non-hydrogen) atoms. The first kappa shape index (κ1) is 88.0. The van der Waals surface area contributed by atoms with Gasteiger partial charge in [0.2, 0.25) is 70.9 Å². The maximum atomic E-state index is 14.4. The van der Waals surface area contributed by atoms with Crippen LogP contribution in [-0.4, -0.2) is 177 Å². The SMILES string of the molecule is CC(C)(C)OC(=O)N[C@@H](CC(N)=O)C(=O)Nc1cc(NC(=O)[C@H](CC(N)=O)NC(=O)OC(C)(C)C)cc(C(=O)N[C@@H](CC(N)=O)C(=O)Nc2cc(NC(=O)[C@H](CC(N)=O)NC(=O)c3cc(NC(=O)[C@H](CC(N)=O)NC(=O)OC(C)(C)C)cc(NC(=O)[C@H](CC(N)=O)NC(=O)OC(C)(C)C)c3)cc(C(=O)O)c2)c1. The Morgan fingerprint density at radius 1 is 0.280 bits per heavy atom. The lowest BCUT2D eigenvalue weighted by molar-refractivity contribution is -0.124. The lowest BCUT2D eigenvalue weighted by Gasteiger charge is -2.23. The lowest BCUT2D eigenvalue weighted by atomic mass is 10.1. The molecule has 6 atom stereocenters. The van der Waals surface area contributed by atoms with E-state index in [0.29, 0.717) is 0 Å². The zero-order valence-electron chi connectivity index (χ0n) is 60.2. The van der Waals surface area contributed by atoms with Gasteiger partial charge < -0.3 is 122 Å². The van der Waals surface area contributed by atoms with E-state index in [1.807, 2.05) is 0 Å². The summed E-state index contributed by atoms with van der Waals surface area (Å²) in [6.45, 7) is 17.9.